The number of piperidine rings is 1. The van der Waals surface area contributed by atoms with E-state index in [1.54, 1.807) is 19.4 Å². The number of carboxylic acids is 1. The fraction of sp³-hybridized carbons (Fsp3) is 0.467. The van der Waals surface area contributed by atoms with Crippen molar-refractivity contribution in [2.45, 2.75) is 51.0 Å². The largest absolute Gasteiger partial charge is 0.497 e. The number of aliphatic hydroxyl groups is 1. The number of pyridine rings is 1. The smallest absolute Gasteiger partial charge is 0.303 e. The van der Waals surface area contributed by atoms with Crippen LogP contribution in [0.15, 0.2) is 48.7 Å². The zero-order valence-corrected chi connectivity index (χ0v) is 23.3. The van der Waals surface area contributed by atoms with Gasteiger partial charge in [-0.15, -0.1) is 0 Å². The predicted molar refractivity (Wildman–Crippen MR) is 152 cm³/mol. The highest BCUT2D eigenvalue weighted by Crippen LogP contribution is 2.35. The Hall–Kier alpha value is -2.38. The summed E-state index contributed by atoms with van der Waals surface area (Å²) < 4.78 is 5.37. The SMILES string of the molecule is COc1ccc2nccc([C@H](O)CC[C@@H]3CCN(CCCc4cccc(Cl)c4Cl)C[C@H]3CCC(=O)O)c2c1. The number of aliphatic carboxylic acids is 1. The lowest BCUT2D eigenvalue weighted by Crippen LogP contribution is -2.41. The molecule has 1 aromatic heterocycles. The van der Waals surface area contributed by atoms with Crippen molar-refractivity contribution in [2.24, 2.45) is 11.8 Å². The van der Waals surface area contributed by atoms with Crippen molar-refractivity contribution >= 4 is 40.1 Å². The molecule has 3 atom stereocenters. The minimum Gasteiger partial charge on any atom is -0.497 e. The van der Waals surface area contributed by atoms with Crippen molar-refractivity contribution in [1.82, 2.24) is 9.88 Å². The number of aliphatic hydroxyl groups excluding tert-OH is 1. The second-order valence-electron chi connectivity index (χ2n) is 10.2. The summed E-state index contributed by atoms with van der Waals surface area (Å²) in [4.78, 5) is 18.2. The van der Waals surface area contributed by atoms with Crippen LogP contribution in [0.25, 0.3) is 10.9 Å². The third-order valence-electron chi connectivity index (χ3n) is 7.81. The topological polar surface area (TPSA) is 82.9 Å². The predicted octanol–water partition coefficient (Wildman–Crippen LogP) is 6.80. The molecule has 0 unspecified atom stereocenters. The molecular weight excluding hydrogens is 523 g/mol. The number of fused-ring (bicyclic) bond motifs is 1. The second-order valence-corrected chi connectivity index (χ2v) is 11.0. The number of carbonyl (C=O) groups is 1. The minimum atomic E-state index is -0.756. The minimum absolute atomic E-state index is 0.171. The quantitative estimate of drug-likeness (QED) is 0.254. The molecule has 0 saturated carbocycles. The van der Waals surface area contributed by atoms with Gasteiger partial charge in [-0.25, -0.2) is 0 Å². The molecule has 0 aliphatic carbocycles. The van der Waals surface area contributed by atoms with E-state index in [1.807, 2.05) is 36.4 Å². The fourth-order valence-electron chi connectivity index (χ4n) is 5.70. The summed E-state index contributed by atoms with van der Waals surface area (Å²) in [7, 11) is 1.63. The number of ether oxygens (including phenoxy) is 1. The van der Waals surface area contributed by atoms with Crippen molar-refractivity contribution in [3.05, 3.63) is 69.8 Å². The average molecular weight is 560 g/mol. The van der Waals surface area contributed by atoms with Crippen molar-refractivity contribution in [3.8, 4) is 5.75 Å². The highest BCUT2D eigenvalue weighted by molar-refractivity contribution is 6.42. The van der Waals surface area contributed by atoms with E-state index in [4.69, 9.17) is 27.9 Å². The Balaban J connectivity index is 1.36. The summed E-state index contributed by atoms with van der Waals surface area (Å²) in [5.74, 6) is 0.646. The first-order chi connectivity index (χ1) is 18.4. The maximum absolute atomic E-state index is 11.4. The molecule has 1 aliphatic heterocycles. The van der Waals surface area contributed by atoms with Gasteiger partial charge in [0.2, 0.25) is 0 Å². The molecule has 2 aromatic carbocycles. The van der Waals surface area contributed by atoms with E-state index in [-0.39, 0.29) is 12.3 Å². The zero-order chi connectivity index (χ0) is 27.1. The van der Waals surface area contributed by atoms with Gasteiger partial charge in [-0.3, -0.25) is 9.78 Å². The lowest BCUT2D eigenvalue weighted by Gasteiger charge is -2.39. The maximum Gasteiger partial charge on any atom is 0.303 e. The number of aromatic nitrogens is 1. The number of aryl methyl sites for hydroxylation is 1. The van der Waals surface area contributed by atoms with E-state index in [0.717, 1.165) is 73.1 Å². The van der Waals surface area contributed by atoms with E-state index in [1.165, 1.54) is 0 Å². The Labute approximate surface area is 234 Å². The number of hydrogen-bond donors (Lipinski definition) is 2. The zero-order valence-electron chi connectivity index (χ0n) is 21.8. The van der Waals surface area contributed by atoms with Gasteiger partial charge in [0.05, 0.1) is 28.8 Å². The summed E-state index contributed by atoms with van der Waals surface area (Å²) in [6, 6.07) is 13.3. The summed E-state index contributed by atoms with van der Waals surface area (Å²) in [5.41, 5.74) is 2.74. The number of carboxylic acid groups (broad SMARTS) is 1. The number of likely N-dealkylation sites (tertiary alicyclic amines) is 1. The van der Waals surface area contributed by atoms with E-state index in [9.17, 15) is 15.0 Å². The van der Waals surface area contributed by atoms with E-state index < -0.39 is 12.1 Å². The van der Waals surface area contributed by atoms with Crippen LogP contribution in [0.1, 0.15) is 55.8 Å². The van der Waals surface area contributed by atoms with Gasteiger partial charge in [0.25, 0.3) is 0 Å². The summed E-state index contributed by atoms with van der Waals surface area (Å²) in [5, 5.41) is 22.6. The maximum atomic E-state index is 11.4. The molecule has 8 heteroatoms. The van der Waals surface area contributed by atoms with Crippen LogP contribution in [0.2, 0.25) is 10.0 Å². The third kappa shape index (κ3) is 7.38. The van der Waals surface area contributed by atoms with Crippen molar-refractivity contribution in [2.75, 3.05) is 26.7 Å². The monoisotopic (exact) mass is 558 g/mol. The van der Waals surface area contributed by atoms with E-state index in [2.05, 4.69) is 9.88 Å². The summed E-state index contributed by atoms with van der Waals surface area (Å²) in [6.45, 7) is 2.79. The van der Waals surface area contributed by atoms with E-state index in [0.29, 0.717) is 28.8 Å². The first-order valence-corrected chi connectivity index (χ1v) is 14.1. The first kappa shape index (κ1) is 28.6. The summed E-state index contributed by atoms with van der Waals surface area (Å²) >= 11 is 12.5. The molecule has 0 amide bonds. The standard InChI is InChI=1S/C30H36Cl2N2O4/c1-38-23-9-10-27-25(18-23)24(13-15-33-27)28(35)11-7-20-14-17-34(19-22(20)8-12-29(36)37)16-3-5-21-4-2-6-26(31)30(21)32/h2,4,6,9-10,13,15,18,20,22,28,35H,3,5,7-8,11-12,14,16-17,19H2,1H3,(H,36,37)/t20-,22-,28-/m1/s1. The van der Waals surface area contributed by atoms with Gasteiger partial charge >= 0.3 is 5.97 Å². The lowest BCUT2D eigenvalue weighted by molar-refractivity contribution is -0.137. The van der Waals surface area contributed by atoms with Crippen molar-refractivity contribution in [3.63, 3.8) is 0 Å². The molecule has 3 aromatic rings. The number of halogens is 2. The van der Waals surface area contributed by atoms with Gasteiger partial charge in [0.1, 0.15) is 5.75 Å². The Kier molecular flexibility index (Phi) is 10.3. The van der Waals surface area contributed by atoms with Crippen LogP contribution < -0.4 is 4.74 Å². The molecule has 4 rings (SSSR count). The summed E-state index contributed by atoms with van der Waals surface area (Å²) in [6.07, 6.45) is 6.24. The fourth-order valence-corrected chi connectivity index (χ4v) is 6.12. The van der Waals surface area contributed by atoms with Crippen LogP contribution in [-0.4, -0.2) is 52.8 Å². The van der Waals surface area contributed by atoms with Crippen LogP contribution in [-0.2, 0) is 11.2 Å². The molecule has 0 radical (unpaired) electrons. The highest BCUT2D eigenvalue weighted by atomic mass is 35.5. The molecule has 0 spiro atoms. The molecule has 1 fully saturated rings. The number of hydrogen-bond acceptors (Lipinski definition) is 5. The lowest BCUT2D eigenvalue weighted by atomic mass is 9.79. The van der Waals surface area contributed by atoms with Gasteiger partial charge in [-0.1, -0.05) is 35.3 Å². The highest BCUT2D eigenvalue weighted by Gasteiger charge is 2.30. The van der Waals surface area contributed by atoms with Crippen molar-refractivity contribution in [1.29, 1.82) is 0 Å². The molecule has 1 aliphatic rings. The number of nitrogens with zero attached hydrogens (tertiary/aromatic N) is 2. The van der Waals surface area contributed by atoms with Crippen LogP contribution in [0, 0.1) is 11.8 Å². The molecule has 1 saturated heterocycles. The van der Waals surface area contributed by atoms with E-state index >= 15 is 0 Å². The van der Waals surface area contributed by atoms with Gasteiger partial charge < -0.3 is 19.8 Å². The van der Waals surface area contributed by atoms with Gasteiger partial charge in [0.15, 0.2) is 0 Å². The Morgan fingerprint density at radius 2 is 2.03 bits per heavy atom. The van der Waals surface area contributed by atoms with Crippen LogP contribution in [0.5, 0.6) is 5.75 Å². The molecule has 38 heavy (non-hydrogen) atoms. The normalized spacial score (nSPS) is 18.9. The van der Waals surface area contributed by atoms with Gasteiger partial charge in [0, 0.05) is 24.5 Å². The van der Waals surface area contributed by atoms with Gasteiger partial charge in [-0.2, -0.15) is 0 Å². The Morgan fingerprint density at radius 3 is 2.82 bits per heavy atom. The molecule has 0 bridgehead atoms. The molecule has 2 heterocycles. The number of methoxy groups -OCH3 is 1. The first-order valence-electron chi connectivity index (χ1n) is 13.3. The molecule has 204 valence electrons. The third-order valence-corrected chi connectivity index (χ3v) is 8.67. The Morgan fingerprint density at radius 1 is 1.18 bits per heavy atom. The van der Waals surface area contributed by atoms with Crippen LogP contribution in [0.3, 0.4) is 0 Å². The molecular formula is C30H36Cl2N2O4. The number of benzene rings is 2. The van der Waals surface area contributed by atoms with Crippen molar-refractivity contribution < 1.29 is 19.7 Å². The number of rotatable bonds is 12. The van der Waals surface area contributed by atoms with Crippen LogP contribution in [0.4, 0.5) is 0 Å². The van der Waals surface area contributed by atoms with Gasteiger partial charge in [-0.05, 0) is 105 Å². The molecule has 2 N–H and O–H groups in total. The average Bonchev–Trinajstić information content (AvgIpc) is 2.92. The van der Waals surface area contributed by atoms with Crippen LogP contribution >= 0.6 is 23.2 Å². The second kappa shape index (κ2) is 13.6. The molecule has 6 nitrogen and oxygen atoms in total. The Bertz CT molecular complexity index is 1240.